The summed E-state index contributed by atoms with van der Waals surface area (Å²) in [5, 5.41) is 13.0. The first-order valence-electron chi connectivity index (χ1n) is 10.8. The summed E-state index contributed by atoms with van der Waals surface area (Å²) < 4.78 is 24.9. The van der Waals surface area contributed by atoms with E-state index in [0.717, 1.165) is 22.3 Å². The number of benzene rings is 3. The van der Waals surface area contributed by atoms with Gasteiger partial charge in [0.1, 0.15) is 5.82 Å². The molecule has 0 spiro atoms. The largest absolute Gasteiger partial charge is 0.480 e. The number of aromatic nitrogens is 2. The minimum atomic E-state index is -0.871. The van der Waals surface area contributed by atoms with Gasteiger partial charge in [-0.25, -0.2) is 4.39 Å². The molecule has 3 aromatic carbocycles. The first-order valence-corrected chi connectivity index (χ1v) is 11.1. The summed E-state index contributed by atoms with van der Waals surface area (Å²) in [5.74, 6) is -0.600. The molecule has 1 heterocycles. The van der Waals surface area contributed by atoms with Crippen LogP contribution in [0.2, 0.25) is 5.02 Å². The van der Waals surface area contributed by atoms with E-state index in [-0.39, 0.29) is 30.6 Å². The van der Waals surface area contributed by atoms with Gasteiger partial charge in [-0.05, 0) is 41.9 Å². The Morgan fingerprint density at radius 2 is 1.83 bits per heavy atom. The van der Waals surface area contributed by atoms with Gasteiger partial charge in [0.2, 0.25) is 5.82 Å². The molecule has 188 valence electrons. The van der Waals surface area contributed by atoms with Crippen molar-refractivity contribution < 1.29 is 23.6 Å². The zero-order chi connectivity index (χ0) is 24.9. The van der Waals surface area contributed by atoms with Crippen LogP contribution in [0.15, 0.2) is 65.2 Å². The molecule has 0 atom stereocenters. The van der Waals surface area contributed by atoms with E-state index in [4.69, 9.17) is 26.0 Å². The number of aliphatic carboxylic acids is 1. The van der Waals surface area contributed by atoms with Gasteiger partial charge in [-0.15, -0.1) is 12.4 Å². The summed E-state index contributed by atoms with van der Waals surface area (Å²) in [6.07, 6.45) is 0. The van der Waals surface area contributed by atoms with Crippen LogP contribution >= 0.6 is 24.0 Å². The fourth-order valence-electron chi connectivity index (χ4n) is 3.79. The van der Waals surface area contributed by atoms with Crippen LogP contribution in [0.25, 0.3) is 34.0 Å². The third kappa shape index (κ3) is 6.27. The first-order chi connectivity index (χ1) is 16.9. The molecular formula is C26H24Cl2FN3O4. The zero-order valence-corrected chi connectivity index (χ0v) is 21.1. The molecule has 10 heteroatoms. The Hall–Kier alpha value is -3.30. The molecule has 1 aromatic heterocycles. The van der Waals surface area contributed by atoms with Crippen molar-refractivity contribution in [3.63, 3.8) is 0 Å². The number of carboxylic acid groups (broad SMARTS) is 1. The van der Waals surface area contributed by atoms with E-state index in [1.807, 2.05) is 42.5 Å². The SMILES string of the molecule is COCc1cc(-c2nc(-c3ccc(CN(C)CC(=O)O)cc3)no2)ccc1-c1cccc(F)c1Cl.Cl. The fraction of sp³-hybridized carbons (Fsp3) is 0.192. The zero-order valence-electron chi connectivity index (χ0n) is 19.6. The van der Waals surface area contributed by atoms with Crippen molar-refractivity contribution in [2.24, 2.45) is 0 Å². The predicted molar refractivity (Wildman–Crippen MR) is 138 cm³/mol. The quantitative estimate of drug-likeness (QED) is 0.285. The van der Waals surface area contributed by atoms with Crippen LogP contribution in [0.3, 0.4) is 0 Å². The Morgan fingerprint density at radius 3 is 2.53 bits per heavy atom. The van der Waals surface area contributed by atoms with Crippen LogP contribution in [-0.2, 0) is 22.7 Å². The van der Waals surface area contributed by atoms with E-state index in [0.29, 0.717) is 29.4 Å². The van der Waals surface area contributed by atoms with Crippen molar-refractivity contribution >= 4 is 30.0 Å². The van der Waals surface area contributed by atoms with Crippen molar-refractivity contribution in [1.29, 1.82) is 0 Å². The van der Waals surface area contributed by atoms with Gasteiger partial charge in [-0.2, -0.15) is 4.98 Å². The number of ether oxygens (including phenoxy) is 1. The standard InChI is InChI=1S/C26H23ClFN3O4.ClH/c1-31(14-23(32)33)13-16-6-8-17(9-7-16)25-29-26(35-30-25)18-10-11-20(19(12-18)15-34-2)21-4-3-5-22(28)24(21)27;/h3-12H,13-15H2,1-2H3,(H,32,33);1H. The molecule has 0 amide bonds. The van der Waals surface area contributed by atoms with Gasteiger partial charge in [-0.3, -0.25) is 9.69 Å². The minimum Gasteiger partial charge on any atom is -0.480 e. The molecule has 4 aromatic rings. The molecular weight excluding hydrogens is 508 g/mol. The Bertz CT molecular complexity index is 1350. The molecule has 7 nitrogen and oxygen atoms in total. The Labute approximate surface area is 218 Å². The number of hydrogen-bond acceptors (Lipinski definition) is 6. The second kappa shape index (κ2) is 12.1. The Morgan fingerprint density at radius 1 is 1.11 bits per heavy atom. The summed E-state index contributed by atoms with van der Waals surface area (Å²) in [6.45, 7) is 0.758. The van der Waals surface area contributed by atoms with Gasteiger partial charge < -0.3 is 14.4 Å². The van der Waals surface area contributed by atoms with Gasteiger partial charge in [0.15, 0.2) is 0 Å². The number of hydrogen-bond donors (Lipinski definition) is 1. The molecule has 0 radical (unpaired) electrons. The second-order valence-corrected chi connectivity index (χ2v) is 8.47. The van der Waals surface area contributed by atoms with Crippen LogP contribution < -0.4 is 0 Å². The lowest BCUT2D eigenvalue weighted by Crippen LogP contribution is -2.25. The topological polar surface area (TPSA) is 88.7 Å². The maximum atomic E-state index is 14.0. The first kappa shape index (κ1) is 27.3. The molecule has 0 aliphatic heterocycles. The van der Waals surface area contributed by atoms with E-state index in [1.54, 1.807) is 31.2 Å². The van der Waals surface area contributed by atoms with E-state index >= 15 is 0 Å². The number of likely N-dealkylation sites (N-methyl/N-ethyl adjacent to an activating group) is 1. The predicted octanol–water partition coefficient (Wildman–Crippen LogP) is 5.95. The number of carboxylic acids is 1. The average molecular weight is 532 g/mol. The van der Waals surface area contributed by atoms with Crippen LogP contribution in [0.1, 0.15) is 11.1 Å². The third-order valence-electron chi connectivity index (χ3n) is 5.39. The molecule has 0 aliphatic rings. The molecule has 0 unspecified atom stereocenters. The molecule has 0 bridgehead atoms. The van der Waals surface area contributed by atoms with Gasteiger partial charge in [0.05, 0.1) is 18.2 Å². The summed E-state index contributed by atoms with van der Waals surface area (Å²) in [5.41, 5.74) is 4.56. The van der Waals surface area contributed by atoms with Crippen LogP contribution in [0.4, 0.5) is 4.39 Å². The molecule has 0 aliphatic carbocycles. The van der Waals surface area contributed by atoms with Gasteiger partial charge in [-0.1, -0.05) is 59.2 Å². The highest BCUT2D eigenvalue weighted by Gasteiger charge is 2.16. The molecule has 0 fully saturated rings. The lowest BCUT2D eigenvalue weighted by atomic mass is 9.97. The summed E-state index contributed by atoms with van der Waals surface area (Å²) in [7, 11) is 3.33. The second-order valence-electron chi connectivity index (χ2n) is 8.09. The minimum absolute atomic E-state index is 0. The van der Waals surface area contributed by atoms with Crippen molar-refractivity contribution in [2.45, 2.75) is 13.2 Å². The number of carbonyl (C=O) groups is 1. The van der Waals surface area contributed by atoms with Crippen molar-refractivity contribution in [2.75, 3.05) is 20.7 Å². The van der Waals surface area contributed by atoms with Crippen molar-refractivity contribution in [3.05, 3.63) is 82.6 Å². The summed E-state index contributed by atoms with van der Waals surface area (Å²) in [6, 6.07) is 17.7. The lowest BCUT2D eigenvalue weighted by Gasteiger charge is -2.13. The van der Waals surface area contributed by atoms with Crippen LogP contribution in [0, 0.1) is 5.82 Å². The van der Waals surface area contributed by atoms with E-state index in [2.05, 4.69) is 10.1 Å². The van der Waals surface area contributed by atoms with E-state index in [9.17, 15) is 9.18 Å². The smallest absolute Gasteiger partial charge is 0.317 e. The van der Waals surface area contributed by atoms with Gasteiger partial charge in [0.25, 0.3) is 5.89 Å². The highest BCUT2D eigenvalue weighted by Crippen LogP contribution is 2.35. The van der Waals surface area contributed by atoms with Crippen molar-refractivity contribution in [1.82, 2.24) is 15.0 Å². The Kier molecular flexibility index (Phi) is 9.17. The lowest BCUT2D eigenvalue weighted by molar-refractivity contribution is -0.138. The Balaban J connectivity index is 0.00000361. The highest BCUT2D eigenvalue weighted by molar-refractivity contribution is 6.33. The number of methoxy groups -OCH3 is 1. The van der Waals surface area contributed by atoms with Gasteiger partial charge in [0, 0.05) is 30.3 Å². The summed E-state index contributed by atoms with van der Waals surface area (Å²) in [4.78, 5) is 17.1. The number of rotatable bonds is 9. The normalized spacial score (nSPS) is 10.9. The fourth-order valence-corrected chi connectivity index (χ4v) is 4.02. The van der Waals surface area contributed by atoms with E-state index in [1.165, 1.54) is 6.07 Å². The maximum Gasteiger partial charge on any atom is 0.317 e. The third-order valence-corrected chi connectivity index (χ3v) is 5.77. The van der Waals surface area contributed by atoms with Crippen molar-refractivity contribution in [3.8, 4) is 34.0 Å². The summed E-state index contributed by atoms with van der Waals surface area (Å²) >= 11 is 6.20. The molecule has 0 saturated carbocycles. The van der Waals surface area contributed by atoms with E-state index < -0.39 is 11.8 Å². The molecule has 36 heavy (non-hydrogen) atoms. The van der Waals surface area contributed by atoms with Crippen LogP contribution in [0.5, 0.6) is 0 Å². The molecule has 0 saturated heterocycles. The molecule has 1 N–H and O–H groups in total. The van der Waals surface area contributed by atoms with Crippen LogP contribution in [-0.4, -0.2) is 46.8 Å². The highest BCUT2D eigenvalue weighted by atomic mass is 35.5. The number of nitrogens with zero attached hydrogens (tertiary/aromatic N) is 3. The number of halogens is 3. The monoisotopic (exact) mass is 531 g/mol. The van der Waals surface area contributed by atoms with Gasteiger partial charge >= 0.3 is 5.97 Å². The maximum absolute atomic E-state index is 14.0. The average Bonchev–Trinajstić information content (AvgIpc) is 3.32. The molecule has 4 rings (SSSR count).